The van der Waals surface area contributed by atoms with E-state index in [9.17, 15) is 4.79 Å². The fourth-order valence-electron chi connectivity index (χ4n) is 3.41. The van der Waals surface area contributed by atoms with Crippen LogP contribution in [0.3, 0.4) is 0 Å². The van der Waals surface area contributed by atoms with Gasteiger partial charge in [0.15, 0.2) is 0 Å². The zero-order chi connectivity index (χ0) is 18.6. The van der Waals surface area contributed by atoms with Crippen molar-refractivity contribution in [3.8, 4) is 11.5 Å². The van der Waals surface area contributed by atoms with Gasteiger partial charge in [-0.3, -0.25) is 4.79 Å². The molecule has 1 N–H and O–H groups in total. The molecule has 0 aromatic heterocycles. The van der Waals surface area contributed by atoms with E-state index in [0.717, 1.165) is 42.7 Å². The average Bonchev–Trinajstić information content (AvgIpc) is 3.32. The van der Waals surface area contributed by atoms with E-state index >= 15 is 0 Å². The molecule has 1 amide bonds. The molecule has 142 valence electrons. The van der Waals surface area contributed by atoms with Crippen LogP contribution in [0.25, 0.3) is 0 Å². The number of carbonyl (C=O) groups is 1. The van der Waals surface area contributed by atoms with E-state index in [1.54, 1.807) is 18.2 Å². The number of hydrogen-bond donors (Lipinski definition) is 1. The summed E-state index contributed by atoms with van der Waals surface area (Å²) in [6, 6.07) is 11.1. The third kappa shape index (κ3) is 4.54. The highest BCUT2D eigenvalue weighted by atomic mass is 35.5. The summed E-state index contributed by atoms with van der Waals surface area (Å²) in [7, 11) is 0. The van der Waals surface area contributed by atoms with Gasteiger partial charge in [0.05, 0.1) is 24.8 Å². The summed E-state index contributed by atoms with van der Waals surface area (Å²) in [5.74, 6) is 1.41. The molecule has 1 atom stereocenters. The summed E-state index contributed by atoms with van der Waals surface area (Å²) in [5, 5.41) is 3.47. The Bertz CT molecular complexity index is 833. The first-order valence-corrected chi connectivity index (χ1v) is 9.63. The molecule has 4 rings (SSSR count). The van der Waals surface area contributed by atoms with E-state index in [-0.39, 0.29) is 18.4 Å². The lowest BCUT2D eigenvalue weighted by molar-refractivity contribution is -0.115. The Morgan fingerprint density at radius 3 is 3.00 bits per heavy atom. The molecule has 0 bridgehead atoms. The highest BCUT2D eigenvalue weighted by molar-refractivity contribution is 6.31. The molecule has 6 heteroatoms. The molecule has 1 fully saturated rings. The maximum Gasteiger partial charge on any atom is 0.228 e. The lowest BCUT2D eigenvalue weighted by Gasteiger charge is -2.15. The maximum atomic E-state index is 12.5. The van der Waals surface area contributed by atoms with Gasteiger partial charge in [-0.15, -0.1) is 0 Å². The Kier molecular flexibility index (Phi) is 5.50. The second-order valence-electron chi connectivity index (χ2n) is 6.85. The second-order valence-corrected chi connectivity index (χ2v) is 7.29. The first-order chi connectivity index (χ1) is 13.2. The van der Waals surface area contributed by atoms with Crippen LogP contribution >= 0.6 is 11.6 Å². The zero-order valence-electron chi connectivity index (χ0n) is 15.0. The van der Waals surface area contributed by atoms with Gasteiger partial charge < -0.3 is 19.5 Å². The number of carbonyl (C=O) groups excluding carboxylic acids is 1. The first kappa shape index (κ1) is 18.1. The van der Waals surface area contributed by atoms with Crippen molar-refractivity contribution < 1.29 is 19.0 Å². The van der Waals surface area contributed by atoms with Crippen LogP contribution in [-0.2, 0) is 22.4 Å². The van der Waals surface area contributed by atoms with E-state index < -0.39 is 0 Å². The zero-order valence-corrected chi connectivity index (χ0v) is 15.8. The van der Waals surface area contributed by atoms with Gasteiger partial charge in [-0.1, -0.05) is 23.7 Å². The van der Waals surface area contributed by atoms with Crippen LogP contribution in [0, 0.1) is 0 Å². The summed E-state index contributed by atoms with van der Waals surface area (Å²) in [5.41, 5.74) is 2.69. The molecule has 2 heterocycles. The molecule has 0 saturated carbocycles. The van der Waals surface area contributed by atoms with Gasteiger partial charge in [0, 0.05) is 18.1 Å². The van der Waals surface area contributed by atoms with Gasteiger partial charge in [0.2, 0.25) is 5.91 Å². The van der Waals surface area contributed by atoms with E-state index in [1.165, 1.54) is 0 Å². The summed E-state index contributed by atoms with van der Waals surface area (Å²) in [4.78, 5) is 12.5. The van der Waals surface area contributed by atoms with Crippen LogP contribution in [0.2, 0.25) is 5.02 Å². The summed E-state index contributed by atoms with van der Waals surface area (Å²) >= 11 is 6.11. The van der Waals surface area contributed by atoms with Gasteiger partial charge in [0.25, 0.3) is 0 Å². The number of anilines is 1. The van der Waals surface area contributed by atoms with Crippen molar-refractivity contribution in [2.24, 2.45) is 0 Å². The Morgan fingerprint density at radius 2 is 2.15 bits per heavy atom. The quantitative estimate of drug-likeness (QED) is 0.813. The molecule has 0 aliphatic carbocycles. The van der Waals surface area contributed by atoms with Crippen molar-refractivity contribution in [3.05, 3.63) is 52.5 Å². The summed E-state index contributed by atoms with van der Waals surface area (Å²) < 4.78 is 17.0. The number of ether oxygens (including phenoxy) is 3. The molecule has 2 aliphatic rings. The fourth-order valence-corrected chi connectivity index (χ4v) is 3.59. The van der Waals surface area contributed by atoms with Crippen LogP contribution in [0.15, 0.2) is 36.4 Å². The van der Waals surface area contributed by atoms with Gasteiger partial charge in [-0.2, -0.15) is 0 Å². The highest BCUT2D eigenvalue weighted by Crippen LogP contribution is 2.30. The third-order valence-electron chi connectivity index (χ3n) is 4.78. The minimum absolute atomic E-state index is 0.109. The standard InChI is InChI=1S/C21H22ClNO4/c22-16-4-6-20(27-13-17-2-1-8-25-17)18(12-16)23-21(24)11-14-3-5-19-15(10-14)7-9-26-19/h3-6,10,12,17H,1-2,7-9,11,13H2,(H,23,24). The number of rotatable bonds is 6. The Hall–Kier alpha value is -2.24. The van der Waals surface area contributed by atoms with Gasteiger partial charge in [-0.25, -0.2) is 0 Å². The van der Waals surface area contributed by atoms with Crippen LogP contribution in [0.5, 0.6) is 11.5 Å². The van der Waals surface area contributed by atoms with Crippen LogP contribution in [0.4, 0.5) is 5.69 Å². The lowest BCUT2D eigenvalue weighted by atomic mass is 10.1. The second kappa shape index (κ2) is 8.19. The summed E-state index contributed by atoms with van der Waals surface area (Å²) in [6.45, 7) is 1.96. The van der Waals surface area contributed by atoms with Crippen molar-refractivity contribution in [1.29, 1.82) is 0 Å². The molecule has 27 heavy (non-hydrogen) atoms. The predicted octanol–water partition coefficient (Wildman–Crippen LogP) is 4.01. The van der Waals surface area contributed by atoms with E-state index in [1.807, 2.05) is 18.2 Å². The SMILES string of the molecule is O=C(Cc1ccc2c(c1)CCO2)Nc1cc(Cl)ccc1OCC1CCCO1. The molecule has 2 aromatic rings. The number of benzene rings is 2. The number of halogens is 1. The third-order valence-corrected chi connectivity index (χ3v) is 5.02. The maximum absolute atomic E-state index is 12.5. The molecule has 1 saturated heterocycles. The van der Waals surface area contributed by atoms with E-state index in [4.69, 9.17) is 25.8 Å². The molecule has 5 nitrogen and oxygen atoms in total. The molecular weight excluding hydrogens is 366 g/mol. The van der Waals surface area contributed by atoms with Gasteiger partial charge in [0.1, 0.15) is 18.1 Å². The number of nitrogens with one attached hydrogen (secondary N) is 1. The van der Waals surface area contributed by atoms with Gasteiger partial charge >= 0.3 is 0 Å². The number of amides is 1. The topological polar surface area (TPSA) is 56.8 Å². The number of hydrogen-bond acceptors (Lipinski definition) is 4. The van der Waals surface area contributed by atoms with Crippen molar-refractivity contribution in [2.75, 3.05) is 25.1 Å². The molecule has 1 unspecified atom stereocenters. The molecular formula is C21H22ClNO4. The molecule has 2 aliphatic heterocycles. The minimum atomic E-state index is -0.113. The predicted molar refractivity (Wildman–Crippen MR) is 104 cm³/mol. The van der Waals surface area contributed by atoms with Crippen molar-refractivity contribution in [3.63, 3.8) is 0 Å². The van der Waals surface area contributed by atoms with Crippen LogP contribution in [0.1, 0.15) is 24.0 Å². The normalized spacial score (nSPS) is 18.0. The fraction of sp³-hybridized carbons (Fsp3) is 0.381. The van der Waals surface area contributed by atoms with E-state index in [2.05, 4.69) is 5.32 Å². The number of fused-ring (bicyclic) bond motifs is 1. The average molecular weight is 388 g/mol. The lowest BCUT2D eigenvalue weighted by Crippen LogP contribution is -2.18. The van der Waals surface area contributed by atoms with Gasteiger partial charge in [-0.05, 0) is 48.2 Å². The summed E-state index contributed by atoms with van der Waals surface area (Å²) in [6.07, 6.45) is 3.34. The highest BCUT2D eigenvalue weighted by Gasteiger charge is 2.18. The first-order valence-electron chi connectivity index (χ1n) is 9.26. The Balaban J connectivity index is 1.41. The van der Waals surface area contributed by atoms with Crippen LogP contribution < -0.4 is 14.8 Å². The Labute approximate surface area is 163 Å². The van der Waals surface area contributed by atoms with Crippen molar-refractivity contribution >= 4 is 23.2 Å². The van der Waals surface area contributed by atoms with Crippen molar-refractivity contribution in [1.82, 2.24) is 0 Å². The van der Waals surface area contributed by atoms with Crippen LogP contribution in [-0.4, -0.2) is 31.8 Å². The Morgan fingerprint density at radius 1 is 1.22 bits per heavy atom. The minimum Gasteiger partial charge on any atom is -0.493 e. The monoisotopic (exact) mass is 387 g/mol. The van der Waals surface area contributed by atoms with E-state index in [0.29, 0.717) is 29.7 Å². The molecule has 2 aromatic carbocycles. The van der Waals surface area contributed by atoms with Crippen molar-refractivity contribution in [2.45, 2.75) is 31.8 Å². The molecule has 0 radical (unpaired) electrons. The largest absolute Gasteiger partial charge is 0.493 e. The smallest absolute Gasteiger partial charge is 0.228 e. The molecule has 0 spiro atoms.